The summed E-state index contributed by atoms with van der Waals surface area (Å²) < 4.78 is 0. The Bertz CT molecular complexity index is 675. The molecule has 1 saturated heterocycles. The number of likely N-dealkylation sites (tertiary alicyclic amines) is 1. The van der Waals surface area contributed by atoms with E-state index in [1.807, 2.05) is 11.0 Å². The highest BCUT2D eigenvalue weighted by molar-refractivity contribution is 8.04. The number of hydrogen-bond donors (Lipinski definition) is 1. The van der Waals surface area contributed by atoms with Gasteiger partial charge in [-0.2, -0.15) is 0 Å². The van der Waals surface area contributed by atoms with Crippen molar-refractivity contribution < 1.29 is 9.59 Å². The van der Waals surface area contributed by atoms with Crippen molar-refractivity contribution in [3.05, 3.63) is 34.2 Å². The van der Waals surface area contributed by atoms with Gasteiger partial charge in [-0.1, -0.05) is 30.3 Å². The van der Waals surface area contributed by atoms with E-state index in [-0.39, 0.29) is 17.9 Å². The van der Waals surface area contributed by atoms with Crippen molar-refractivity contribution in [1.82, 2.24) is 4.90 Å². The van der Waals surface area contributed by atoms with Crippen molar-refractivity contribution in [3.8, 4) is 0 Å². The Kier molecular flexibility index (Phi) is 4.97. The number of carbonyl (C=O) groups excluding carboxylic acids is 2. The number of rotatable bonds is 2. The Morgan fingerprint density at radius 2 is 2.30 bits per heavy atom. The number of amides is 2. The fourth-order valence-electron chi connectivity index (χ4n) is 3.04. The zero-order chi connectivity index (χ0) is 16.4. The number of nitrogens with one attached hydrogen (secondary N) is 1. The number of anilines is 1. The van der Waals surface area contributed by atoms with E-state index in [0.29, 0.717) is 15.6 Å². The van der Waals surface area contributed by atoms with E-state index in [1.165, 1.54) is 24.3 Å². The van der Waals surface area contributed by atoms with Gasteiger partial charge in [-0.05, 0) is 43.9 Å². The van der Waals surface area contributed by atoms with Crippen molar-refractivity contribution in [2.45, 2.75) is 43.5 Å². The van der Waals surface area contributed by atoms with Gasteiger partial charge in [0.1, 0.15) is 0 Å². The first-order valence-electron chi connectivity index (χ1n) is 7.89. The quantitative estimate of drug-likeness (QED) is 0.818. The highest BCUT2D eigenvalue weighted by atomic mass is 35.5. The maximum absolute atomic E-state index is 12.6. The first-order valence-corrected chi connectivity index (χ1v) is 9.09. The molecule has 1 fully saturated rings. The second-order valence-corrected chi connectivity index (χ2v) is 7.31. The minimum absolute atomic E-state index is 0.0633. The molecule has 0 aromatic heterocycles. The fourth-order valence-corrected chi connectivity index (χ4v) is 4.11. The van der Waals surface area contributed by atoms with Crippen LogP contribution in [0.15, 0.2) is 34.1 Å². The van der Waals surface area contributed by atoms with Gasteiger partial charge in [-0.3, -0.25) is 9.59 Å². The largest absolute Gasteiger partial charge is 0.336 e. The zero-order valence-electron chi connectivity index (χ0n) is 13.0. The van der Waals surface area contributed by atoms with Crippen molar-refractivity contribution in [2.75, 3.05) is 11.9 Å². The molecule has 2 aliphatic heterocycles. The SMILES string of the molecule is CC[C@@H]1CCCCN1C(=O)/C=C1\Sc2ccc(Cl)cc2NC1=O. The Balaban J connectivity index is 1.80. The lowest BCUT2D eigenvalue weighted by atomic mass is 10.00. The van der Waals surface area contributed by atoms with Crippen LogP contribution in [-0.2, 0) is 9.59 Å². The van der Waals surface area contributed by atoms with Gasteiger partial charge >= 0.3 is 0 Å². The molecule has 0 aliphatic carbocycles. The monoisotopic (exact) mass is 350 g/mol. The van der Waals surface area contributed by atoms with Gasteiger partial charge in [-0.25, -0.2) is 0 Å². The van der Waals surface area contributed by atoms with Crippen LogP contribution in [0.3, 0.4) is 0 Å². The number of thioether (sulfide) groups is 1. The number of piperidine rings is 1. The summed E-state index contributed by atoms with van der Waals surface area (Å²) in [5, 5.41) is 3.38. The van der Waals surface area contributed by atoms with Crippen LogP contribution in [0.5, 0.6) is 0 Å². The topological polar surface area (TPSA) is 49.4 Å². The van der Waals surface area contributed by atoms with Gasteiger partial charge in [0, 0.05) is 28.6 Å². The summed E-state index contributed by atoms with van der Waals surface area (Å²) in [5.41, 5.74) is 0.696. The number of halogens is 1. The summed E-state index contributed by atoms with van der Waals surface area (Å²) in [5.74, 6) is -0.310. The molecule has 122 valence electrons. The van der Waals surface area contributed by atoms with E-state index in [1.54, 1.807) is 12.1 Å². The standard InChI is InChI=1S/C17H19ClN2O2S/c1-2-12-5-3-4-8-20(12)16(21)10-15-17(22)19-13-9-11(18)6-7-14(13)23-15/h6-7,9-10,12H,2-5,8H2,1H3,(H,19,22)/b15-10-/t12-/m1/s1. The third-order valence-electron chi connectivity index (χ3n) is 4.27. The molecule has 0 spiro atoms. The lowest BCUT2D eigenvalue weighted by molar-refractivity contribution is -0.129. The minimum atomic E-state index is -0.247. The van der Waals surface area contributed by atoms with Crippen LogP contribution in [0.1, 0.15) is 32.6 Å². The molecule has 1 aromatic carbocycles. The summed E-state index contributed by atoms with van der Waals surface area (Å²) in [4.78, 5) is 28.0. The van der Waals surface area contributed by atoms with Crippen molar-refractivity contribution in [1.29, 1.82) is 0 Å². The van der Waals surface area contributed by atoms with E-state index in [9.17, 15) is 9.59 Å². The van der Waals surface area contributed by atoms with Crippen LogP contribution in [0.2, 0.25) is 5.02 Å². The van der Waals surface area contributed by atoms with Gasteiger partial charge in [0.05, 0.1) is 10.6 Å². The number of nitrogens with zero attached hydrogens (tertiary/aromatic N) is 1. The highest BCUT2D eigenvalue weighted by Crippen LogP contribution is 2.39. The molecule has 0 bridgehead atoms. The van der Waals surface area contributed by atoms with Crippen LogP contribution in [0.25, 0.3) is 0 Å². The van der Waals surface area contributed by atoms with E-state index < -0.39 is 0 Å². The van der Waals surface area contributed by atoms with Crippen LogP contribution < -0.4 is 5.32 Å². The first-order chi connectivity index (χ1) is 11.1. The normalized spacial score (nSPS) is 22.7. The third kappa shape index (κ3) is 3.56. The van der Waals surface area contributed by atoms with Gasteiger partial charge in [0.2, 0.25) is 5.91 Å². The maximum Gasteiger partial charge on any atom is 0.262 e. The molecule has 4 nitrogen and oxygen atoms in total. The average Bonchev–Trinajstić information content (AvgIpc) is 2.55. The first kappa shape index (κ1) is 16.4. The van der Waals surface area contributed by atoms with Gasteiger partial charge < -0.3 is 10.2 Å². The fraction of sp³-hybridized carbons (Fsp3) is 0.412. The predicted octanol–water partition coefficient (Wildman–Crippen LogP) is 4.06. The molecule has 2 aliphatic rings. The van der Waals surface area contributed by atoms with Gasteiger partial charge in [0.15, 0.2) is 0 Å². The van der Waals surface area contributed by atoms with Crippen molar-refractivity contribution in [2.24, 2.45) is 0 Å². The Labute approximate surface area is 145 Å². The molecule has 1 N–H and O–H groups in total. The molecule has 0 radical (unpaired) electrons. The molecule has 2 amide bonds. The maximum atomic E-state index is 12.6. The number of benzene rings is 1. The second-order valence-electron chi connectivity index (χ2n) is 5.79. The third-order valence-corrected chi connectivity index (χ3v) is 5.60. The molecule has 6 heteroatoms. The Morgan fingerprint density at radius 1 is 1.48 bits per heavy atom. The lowest BCUT2D eigenvalue weighted by Crippen LogP contribution is -2.42. The van der Waals surface area contributed by atoms with Gasteiger partial charge in [-0.15, -0.1) is 0 Å². The van der Waals surface area contributed by atoms with Crippen LogP contribution >= 0.6 is 23.4 Å². The van der Waals surface area contributed by atoms with Crippen LogP contribution in [0, 0.1) is 0 Å². The molecule has 0 unspecified atom stereocenters. The predicted molar refractivity (Wildman–Crippen MR) is 93.7 cm³/mol. The number of fused-ring (bicyclic) bond motifs is 1. The zero-order valence-corrected chi connectivity index (χ0v) is 14.5. The molecule has 2 heterocycles. The summed E-state index contributed by atoms with van der Waals surface area (Å²) >= 11 is 7.26. The molecular formula is C17H19ClN2O2S. The van der Waals surface area contributed by atoms with E-state index in [0.717, 1.165) is 30.7 Å². The molecular weight excluding hydrogens is 332 g/mol. The van der Waals surface area contributed by atoms with E-state index >= 15 is 0 Å². The Morgan fingerprint density at radius 3 is 3.09 bits per heavy atom. The van der Waals surface area contributed by atoms with E-state index in [2.05, 4.69) is 12.2 Å². The Hall–Kier alpha value is -1.46. The van der Waals surface area contributed by atoms with Gasteiger partial charge in [0.25, 0.3) is 5.91 Å². The number of hydrogen-bond acceptors (Lipinski definition) is 3. The van der Waals surface area contributed by atoms with E-state index in [4.69, 9.17) is 11.6 Å². The van der Waals surface area contributed by atoms with Crippen LogP contribution in [0.4, 0.5) is 5.69 Å². The summed E-state index contributed by atoms with van der Waals surface area (Å²) in [6, 6.07) is 5.64. The minimum Gasteiger partial charge on any atom is -0.336 e. The summed E-state index contributed by atoms with van der Waals surface area (Å²) in [6.07, 6.45) is 5.68. The lowest BCUT2D eigenvalue weighted by Gasteiger charge is -2.34. The smallest absolute Gasteiger partial charge is 0.262 e. The average molecular weight is 351 g/mol. The molecule has 23 heavy (non-hydrogen) atoms. The summed E-state index contributed by atoms with van der Waals surface area (Å²) in [7, 11) is 0. The van der Waals surface area contributed by atoms with Crippen molar-refractivity contribution >= 4 is 40.9 Å². The van der Waals surface area contributed by atoms with Crippen LogP contribution in [-0.4, -0.2) is 29.3 Å². The summed E-state index contributed by atoms with van der Waals surface area (Å²) in [6.45, 7) is 2.88. The molecule has 1 aromatic rings. The highest BCUT2D eigenvalue weighted by Gasteiger charge is 2.27. The molecule has 0 saturated carbocycles. The molecule has 1 atom stereocenters. The number of carbonyl (C=O) groups is 2. The molecule has 3 rings (SSSR count). The second kappa shape index (κ2) is 6.97. The van der Waals surface area contributed by atoms with Crippen molar-refractivity contribution in [3.63, 3.8) is 0 Å².